The highest BCUT2D eigenvalue weighted by Gasteiger charge is 2.07. The van der Waals surface area contributed by atoms with Gasteiger partial charge in [-0.2, -0.15) is 0 Å². The van der Waals surface area contributed by atoms with Crippen molar-refractivity contribution >= 4 is 22.0 Å². The van der Waals surface area contributed by atoms with Crippen molar-refractivity contribution in [2.75, 3.05) is 5.33 Å². The molecule has 14 heavy (non-hydrogen) atoms. The van der Waals surface area contributed by atoms with Gasteiger partial charge >= 0.3 is 0 Å². The predicted octanol–water partition coefficient (Wildman–Crippen LogP) is 3.47. The van der Waals surface area contributed by atoms with Crippen LogP contribution in [0.25, 0.3) is 6.08 Å². The van der Waals surface area contributed by atoms with Gasteiger partial charge in [0, 0.05) is 23.0 Å². The van der Waals surface area contributed by atoms with E-state index in [9.17, 15) is 8.78 Å². The number of hydrogen-bond acceptors (Lipinski definition) is 1. The Bertz CT molecular complexity index is 327. The van der Waals surface area contributed by atoms with Crippen LogP contribution in [-0.4, -0.2) is 10.4 Å². The standard InChI is InChI=1S/C10H9BrF2O/c11-4-2-1-3-8-9(12)5-7(14)6-10(8)13/h1,3,5-6,14H,2,4H2. The van der Waals surface area contributed by atoms with Crippen molar-refractivity contribution in [3.8, 4) is 5.75 Å². The second-order valence-electron chi connectivity index (χ2n) is 2.70. The minimum Gasteiger partial charge on any atom is -0.508 e. The van der Waals surface area contributed by atoms with E-state index in [0.717, 1.165) is 17.5 Å². The average molecular weight is 263 g/mol. The van der Waals surface area contributed by atoms with Crippen LogP contribution in [0.4, 0.5) is 8.78 Å². The summed E-state index contributed by atoms with van der Waals surface area (Å²) in [5.41, 5.74) is -0.122. The second-order valence-corrected chi connectivity index (χ2v) is 3.50. The zero-order chi connectivity index (χ0) is 10.6. The summed E-state index contributed by atoms with van der Waals surface area (Å²) in [6.07, 6.45) is 3.72. The van der Waals surface area contributed by atoms with E-state index in [0.29, 0.717) is 6.42 Å². The van der Waals surface area contributed by atoms with Crippen LogP contribution in [0.5, 0.6) is 5.75 Å². The molecule has 0 amide bonds. The molecule has 0 aromatic heterocycles. The molecule has 0 heterocycles. The molecule has 0 aliphatic carbocycles. The molecule has 0 fully saturated rings. The van der Waals surface area contributed by atoms with Crippen LogP contribution in [-0.2, 0) is 0 Å². The molecule has 0 bridgehead atoms. The summed E-state index contributed by atoms with van der Waals surface area (Å²) in [6, 6.07) is 1.77. The van der Waals surface area contributed by atoms with Crippen molar-refractivity contribution in [1.82, 2.24) is 0 Å². The highest BCUT2D eigenvalue weighted by atomic mass is 79.9. The highest BCUT2D eigenvalue weighted by Crippen LogP contribution is 2.20. The van der Waals surface area contributed by atoms with Crippen LogP contribution in [0, 0.1) is 11.6 Å². The molecule has 76 valence electrons. The third kappa shape index (κ3) is 2.80. The van der Waals surface area contributed by atoms with E-state index in [1.165, 1.54) is 6.08 Å². The Hall–Kier alpha value is -0.900. The molecule has 0 radical (unpaired) electrons. The maximum absolute atomic E-state index is 13.1. The highest BCUT2D eigenvalue weighted by molar-refractivity contribution is 9.09. The van der Waals surface area contributed by atoms with Crippen molar-refractivity contribution in [3.05, 3.63) is 35.4 Å². The van der Waals surface area contributed by atoms with Crippen molar-refractivity contribution in [3.63, 3.8) is 0 Å². The average Bonchev–Trinajstić information content (AvgIpc) is 2.09. The van der Waals surface area contributed by atoms with Gasteiger partial charge in [0.2, 0.25) is 0 Å². The molecule has 0 unspecified atom stereocenters. The van der Waals surface area contributed by atoms with E-state index < -0.39 is 17.4 Å². The van der Waals surface area contributed by atoms with E-state index >= 15 is 0 Å². The quantitative estimate of drug-likeness (QED) is 0.828. The number of phenols is 1. The van der Waals surface area contributed by atoms with Gasteiger partial charge in [-0.05, 0) is 6.42 Å². The van der Waals surface area contributed by atoms with Crippen LogP contribution in [0.3, 0.4) is 0 Å². The van der Waals surface area contributed by atoms with Gasteiger partial charge in [0.05, 0.1) is 0 Å². The first-order valence-corrected chi connectivity index (χ1v) is 5.18. The SMILES string of the molecule is Oc1cc(F)c(C=CCCBr)c(F)c1. The van der Waals surface area contributed by atoms with E-state index in [1.54, 1.807) is 6.08 Å². The predicted molar refractivity (Wildman–Crippen MR) is 55.5 cm³/mol. The topological polar surface area (TPSA) is 20.2 Å². The summed E-state index contributed by atoms with van der Waals surface area (Å²) in [4.78, 5) is 0. The van der Waals surface area contributed by atoms with Crippen molar-refractivity contribution < 1.29 is 13.9 Å². The summed E-state index contributed by atoms with van der Waals surface area (Å²) < 4.78 is 26.2. The molecule has 0 spiro atoms. The Morgan fingerprint density at radius 1 is 1.29 bits per heavy atom. The summed E-state index contributed by atoms with van der Waals surface area (Å²) in [6.45, 7) is 0. The van der Waals surface area contributed by atoms with E-state index in [4.69, 9.17) is 5.11 Å². The summed E-state index contributed by atoms with van der Waals surface area (Å²) in [5, 5.41) is 9.62. The third-order valence-corrected chi connectivity index (χ3v) is 2.08. The first-order chi connectivity index (χ1) is 6.65. The van der Waals surface area contributed by atoms with Crippen LogP contribution < -0.4 is 0 Å². The molecular weight excluding hydrogens is 254 g/mol. The Labute approximate surface area is 89.2 Å². The molecule has 1 N–H and O–H groups in total. The minimum atomic E-state index is -0.756. The molecule has 0 aliphatic rings. The molecule has 0 atom stereocenters. The van der Waals surface area contributed by atoms with E-state index in [-0.39, 0.29) is 5.56 Å². The first-order valence-electron chi connectivity index (χ1n) is 4.05. The fraction of sp³-hybridized carbons (Fsp3) is 0.200. The second kappa shape index (κ2) is 5.10. The third-order valence-electron chi connectivity index (χ3n) is 1.62. The van der Waals surface area contributed by atoms with Gasteiger partial charge in [0.15, 0.2) is 0 Å². The number of hydrogen-bond donors (Lipinski definition) is 1. The first kappa shape index (κ1) is 11.2. The molecule has 1 rings (SSSR count). The van der Waals surface area contributed by atoms with Crippen molar-refractivity contribution in [2.45, 2.75) is 6.42 Å². The summed E-state index contributed by atoms with van der Waals surface area (Å²) >= 11 is 3.19. The smallest absolute Gasteiger partial charge is 0.137 e. The number of benzene rings is 1. The maximum Gasteiger partial charge on any atom is 0.137 e. The number of alkyl halides is 1. The van der Waals surface area contributed by atoms with E-state index in [2.05, 4.69) is 15.9 Å². The zero-order valence-electron chi connectivity index (χ0n) is 7.30. The fourth-order valence-corrected chi connectivity index (χ4v) is 1.26. The van der Waals surface area contributed by atoms with Crippen LogP contribution in [0.1, 0.15) is 12.0 Å². The van der Waals surface area contributed by atoms with Gasteiger partial charge in [-0.15, -0.1) is 0 Å². The van der Waals surface area contributed by atoms with Gasteiger partial charge in [0.25, 0.3) is 0 Å². The molecule has 0 saturated heterocycles. The summed E-state index contributed by atoms with van der Waals surface area (Å²) in [5.74, 6) is -1.92. The Balaban J connectivity index is 2.96. The molecule has 1 aromatic rings. The molecular formula is C10H9BrF2O. The molecule has 4 heteroatoms. The largest absolute Gasteiger partial charge is 0.508 e. The lowest BCUT2D eigenvalue weighted by Crippen LogP contribution is -1.88. The molecule has 0 aliphatic heterocycles. The Kier molecular flexibility index (Phi) is 4.07. The number of aromatic hydroxyl groups is 1. The number of phenolic OH excluding ortho intramolecular Hbond substituents is 1. The maximum atomic E-state index is 13.1. The van der Waals surface area contributed by atoms with Crippen molar-refractivity contribution in [2.24, 2.45) is 0 Å². The molecule has 1 nitrogen and oxygen atoms in total. The Morgan fingerprint density at radius 2 is 1.86 bits per heavy atom. The van der Waals surface area contributed by atoms with Crippen LogP contribution in [0.2, 0.25) is 0 Å². The monoisotopic (exact) mass is 262 g/mol. The lowest BCUT2D eigenvalue weighted by Gasteiger charge is -2.00. The van der Waals surface area contributed by atoms with Crippen LogP contribution in [0.15, 0.2) is 18.2 Å². The molecule has 0 saturated carbocycles. The van der Waals surface area contributed by atoms with Gasteiger partial charge in [-0.3, -0.25) is 0 Å². The lowest BCUT2D eigenvalue weighted by atomic mass is 10.1. The van der Waals surface area contributed by atoms with Crippen molar-refractivity contribution in [1.29, 1.82) is 0 Å². The Morgan fingerprint density at radius 3 is 2.36 bits per heavy atom. The minimum absolute atomic E-state index is 0.122. The van der Waals surface area contributed by atoms with Crippen LogP contribution >= 0.6 is 15.9 Å². The lowest BCUT2D eigenvalue weighted by molar-refractivity contribution is 0.460. The fourth-order valence-electron chi connectivity index (χ4n) is 0.994. The zero-order valence-corrected chi connectivity index (χ0v) is 8.89. The van der Waals surface area contributed by atoms with Gasteiger partial charge in [-0.25, -0.2) is 8.78 Å². The number of halogens is 3. The number of allylic oxidation sites excluding steroid dienone is 1. The van der Waals surface area contributed by atoms with Gasteiger partial charge < -0.3 is 5.11 Å². The van der Waals surface area contributed by atoms with E-state index in [1.807, 2.05) is 0 Å². The van der Waals surface area contributed by atoms with Gasteiger partial charge in [0.1, 0.15) is 17.4 Å². The van der Waals surface area contributed by atoms with Gasteiger partial charge in [-0.1, -0.05) is 28.1 Å². The number of rotatable bonds is 3. The molecule has 1 aromatic carbocycles. The normalized spacial score (nSPS) is 11.1. The summed E-state index contributed by atoms with van der Waals surface area (Å²) in [7, 11) is 0.